The number of nitrogens with one attached hydrogen (secondary N) is 1. The SMILES string of the molecule is CC(C)Cn1c(C2CC2C)n[nH]c1=S. The first-order valence-corrected chi connectivity index (χ1v) is 5.65. The van der Waals surface area contributed by atoms with E-state index in [9.17, 15) is 0 Å². The fraction of sp³-hybridized carbons (Fsp3) is 0.800. The second-order valence-electron chi connectivity index (χ2n) is 4.71. The zero-order valence-electron chi connectivity index (χ0n) is 8.95. The first kappa shape index (κ1) is 9.90. The van der Waals surface area contributed by atoms with Crippen LogP contribution in [0.1, 0.15) is 38.9 Å². The Morgan fingerprint density at radius 3 is 2.79 bits per heavy atom. The molecule has 1 aromatic heterocycles. The maximum atomic E-state index is 5.22. The first-order valence-electron chi connectivity index (χ1n) is 5.24. The topological polar surface area (TPSA) is 33.6 Å². The van der Waals surface area contributed by atoms with Gasteiger partial charge in [-0.3, -0.25) is 5.10 Å². The molecular weight excluding hydrogens is 194 g/mol. The van der Waals surface area contributed by atoms with Crippen molar-refractivity contribution >= 4 is 12.2 Å². The van der Waals surface area contributed by atoms with E-state index in [1.165, 1.54) is 6.42 Å². The molecule has 0 radical (unpaired) electrons. The minimum Gasteiger partial charge on any atom is -0.304 e. The molecule has 2 atom stereocenters. The van der Waals surface area contributed by atoms with Gasteiger partial charge in [-0.15, -0.1) is 0 Å². The third-order valence-corrected chi connectivity index (χ3v) is 3.09. The standard InChI is InChI=1S/C10H17N3S/c1-6(2)5-13-9(8-4-7(8)3)11-12-10(13)14/h6-8H,4-5H2,1-3H3,(H,12,14). The van der Waals surface area contributed by atoms with Crippen LogP contribution in [0.4, 0.5) is 0 Å². The molecule has 1 aliphatic rings. The first-order chi connectivity index (χ1) is 6.59. The molecule has 3 nitrogen and oxygen atoms in total. The fourth-order valence-corrected chi connectivity index (χ4v) is 2.05. The zero-order valence-corrected chi connectivity index (χ0v) is 9.77. The normalized spacial score (nSPS) is 25.7. The van der Waals surface area contributed by atoms with Gasteiger partial charge in [0.1, 0.15) is 5.82 Å². The van der Waals surface area contributed by atoms with Crippen molar-refractivity contribution in [3.63, 3.8) is 0 Å². The molecule has 4 heteroatoms. The molecule has 0 amide bonds. The van der Waals surface area contributed by atoms with Gasteiger partial charge in [-0.2, -0.15) is 5.10 Å². The van der Waals surface area contributed by atoms with E-state index in [1.54, 1.807) is 0 Å². The molecule has 0 aromatic carbocycles. The molecule has 78 valence electrons. The summed E-state index contributed by atoms with van der Waals surface area (Å²) in [7, 11) is 0. The van der Waals surface area contributed by atoms with Crippen molar-refractivity contribution in [2.45, 2.75) is 39.7 Å². The molecule has 0 saturated heterocycles. The average molecular weight is 211 g/mol. The Morgan fingerprint density at radius 2 is 2.29 bits per heavy atom. The Hall–Kier alpha value is -0.640. The van der Waals surface area contributed by atoms with Gasteiger partial charge in [-0.25, -0.2) is 0 Å². The lowest BCUT2D eigenvalue weighted by atomic mass is 10.2. The van der Waals surface area contributed by atoms with Crippen molar-refractivity contribution in [1.82, 2.24) is 14.8 Å². The second kappa shape index (κ2) is 3.50. The smallest absolute Gasteiger partial charge is 0.195 e. The van der Waals surface area contributed by atoms with Gasteiger partial charge in [0, 0.05) is 12.5 Å². The molecule has 0 bridgehead atoms. The minimum atomic E-state index is 0.618. The Labute approximate surface area is 89.5 Å². The molecule has 2 rings (SSSR count). The molecule has 1 aliphatic carbocycles. The minimum absolute atomic E-state index is 0.618. The van der Waals surface area contributed by atoms with Gasteiger partial charge in [0.05, 0.1) is 0 Å². The highest BCUT2D eigenvalue weighted by atomic mass is 32.1. The molecule has 0 aliphatic heterocycles. The van der Waals surface area contributed by atoms with Gasteiger partial charge in [0.25, 0.3) is 0 Å². The summed E-state index contributed by atoms with van der Waals surface area (Å²) in [5, 5.41) is 7.23. The van der Waals surface area contributed by atoms with Crippen LogP contribution in [0.5, 0.6) is 0 Å². The predicted octanol–water partition coefficient (Wildman–Crippen LogP) is 2.72. The van der Waals surface area contributed by atoms with E-state index in [1.807, 2.05) is 0 Å². The highest BCUT2D eigenvalue weighted by Crippen LogP contribution is 2.46. The van der Waals surface area contributed by atoms with Crippen LogP contribution in [0.25, 0.3) is 0 Å². The van der Waals surface area contributed by atoms with Crippen molar-refractivity contribution in [2.75, 3.05) is 0 Å². The summed E-state index contributed by atoms with van der Waals surface area (Å²) in [5.74, 6) is 3.20. The highest BCUT2D eigenvalue weighted by Gasteiger charge is 2.38. The summed E-state index contributed by atoms with van der Waals surface area (Å²) in [6.07, 6.45) is 1.26. The van der Waals surface area contributed by atoms with E-state index in [2.05, 4.69) is 35.5 Å². The van der Waals surface area contributed by atoms with Gasteiger partial charge in [0.2, 0.25) is 0 Å². The summed E-state index contributed by atoms with van der Waals surface area (Å²) < 4.78 is 2.93. The molecule has 2 unspecified atom stereocenters. The lowest BCUT2D eigenvalue weighted by Crippen LogP contribution is -2.08. The molecule has 14 heavy (non-hydrogen) atoms. The number of hydrogen-bond acceptors (Lipinski definition) is 2. The number of nitrogens with zero attached hydrogens (tertiary/aromatic N) is 2. The van der Waals surface area contributed by atoms with Gasteiger partial charge in [-0.1, -0.05) is 20.8 Å². The summed E-state index contributed by atoms with van der Waals surface area (Å²) in [4.78, 5) is 0. The quantitative estimate of drug-likeness (QED) is 0.780. The Kier molecular flexibility index (Phi) is 2.47. The number of rotatable bonds is 3. The van der Waals surface area contributed by atoms with Crippen LogP contribution < -0.4 is 0 Å². The summed E-state index contributed by atoms with van der Waals surface area (Å²) >= 11 is 5.22. The molecule has 1 heterocycles. The van der Waals surface area contributed by atoms with E-state index < -0.39 is 0 Å². The van der Waals surface area contributed by atoms with Crippen molar-refractivity contribution in [2.24, 2.45) is 11.8 Å². The summed E-state index contributed by atoms with van der Waals surface area (Å²) in [5.41, 5.74) is 0. The Balaban J connectivity index is 2.27. The van der Waals surface area contributed by atoms with Crippen molar-refractivity contribution < 1.29 is 0 Å². The molecule has 1 fully saturated rings. The van der Waals surface area contributed by atoms with E-state index in [0.29, 0.717) is 11.8 Å². The molecule has 0 spiro atoms. The number of aromatic nitrogens is 3. The summed E-state index contributed by atoms with van der Waals surface area (Å²) in [6, 6.07) is 0. The maximum Gasteiger partial charge on any atom is 0.195 e. The van der Waals surface area contributed by atoms with E-state index >= 15 is 0 Å². The van der Waals surface area contributed by atoms with Crippen molar-refractivity contribution in [3.05, 3.63) is 10.6 Å². The molecular formula is C10H17N3S. The van der Waals surface area contributed by atoms with Crippen LogP contribution in [-0.4, -0.2) is 14.8 Å². The largest absolute Gasteiger partial charge is 0.304 e. The van der Waals surface area contributed by atoms with Crippen LogP contribution in [0.2, 0.25) is 0 Å². The maximum absolute atomic E-state index is 5.22. The molecule has 1 N–H and O–H groups in total. The highest BCUT2D eigenvalue weighted by molar-refractivity contribution is 7.71. The average Bonchev–Trinajstić information content (AvgIpc) is 2.70. The number of H-pyrrole nitrogens is 1. The lowest BCUT2D eigenvalue weighted by Gasteiger charge is -2.08. The van der Waals surface area contributed by atoms with Gasteiger partial charge in [0.15, 0.2) is 4.77 Å². The third kappa shape index (κ3) is 1.75. The lowest BCUT2D eigenvalue weighted by molar-refractivity contribution is 0.501. The summed E-state index contributed by atoms with van der Waals surface area (Å²) in [6.45, 7) is 7.65. The van der Waals surface area contributed by atoms with E-state index in [-0.39, 0.29) is 0 Å². The van der Waals surface area contributed by atoms with Crippen LogP contribution in [0.3, 0.4) is 0 Å². The predicted molar refractivity (Wildman–Crippen MR) is 58.8 cm³/mol. The second-order valence-corrected chi connectivity index (χ2v) is 5.10. The third-order valence-electron chi connectivity index (χ3n) is 2.78. The van der Waals surface area contributed by atoms with Crippen molar-refractivity contribution in [3.8, 4) is 0 Å². The Morgan fingerprint density at radius 1 is 1.64 bits per heavy atom. The van der Waals surface area contributed by atoms with Gasteiger partial charge in [-0.05, 0) is 30.5 Å². The van der Waals surface area contributed by atoms with E-state index in [4.69, 9.17) is 12.2 Å². The van der Waals surface area contributed by atoms with Gasteiger partial charge >= 0.3 is 0 Å². The van der Waals surface area contributed by atoms with Crippen LogP contribution in [0, 0.1) is 16.6 Å². The van der Waals surface area contributed by atoms with Crippen molar-refractivity contribution in [1.29, 1.82) is 0 Å². The zero-order chi connectivity index (χ0) is 10.3. The Bertz CT molecular complexity index is 377. The van der Waals surface area contributed by atoms with Gasteiger partial charge < -0.3 is 4.57 Å². The van der Waals surface area contributed by atoms with Crippen LogP contribution >= 0.6 is 12.2 Å². The molecule has 1 aromatic rings. The monoisotopic (exact) mass is 211 g/mol. The fourth-order valence-electron chi connectivity index (χ4n) is 1.84. The van der Waals surface area contributed by atoms with Crippen LogP contribution in [-0.2, 0) is 6.54 Å². The molecule has 1 saturated carbocycles. The van der Waals surface area contributed by atoms with E-state index in [0.717, 1.165) is 23.1 Å². The van der Waals surface area contributed by atoms with Crippen LogP contribution in [0.15, 0.2) is 0 Å². The number of aromatic amines is 1. The number of hydrogen-bond donors (Lipinski definition) is 1.